The summed E-state index contributed by atoms with van der Waals surface area (Å²) >= 11 is 4.77. The number of benzene rings is 1. The van der Waals surface area contributed by atoms with Crippen LogP contribution in [0.3, 0.4) is 0 Å². The maximum atomic E-state index is 12.7. The largest absolute Gasteiger partial charge is 0.302 e. The molecule has 3 nitrogen and oxygen atoms in total. The second kappa shape index (κ2) is 4.03. The Morgan fingerprint density at radius 1 is 1.59 bits per heavy atom. The minimum absolute atomic E-state index is 0.268. The van der Waals surface area contributed by atoms with Crippen molar-refractivity contribution in [2.45, 2.75) is 12.6 Å². The predicted molar refractivity (Wildman–Crippen MR) is 69.0 cm³/mol. The summed E-state index contributed by atoms with van der Waals surface area (Å²) < 4.78 is 14.7. The Hall–Kier alpha value is -1.01. The molecule has 0 bridgehead atoms. The first-order chi connectivity index (χ1) is 8.13. The Morgan fingerprint density at radius 2 is 2.35 bits per heavy atom. The normalized spacial score (nSPS) is 22.7. The van der Waals surface area contributed by atoms with Gasteiger partial charge < -0.3 is 5.32 Å². The fourth-order valence-corrected chi connectivity index (χ4v) is 3.01. The molecule has 1 aliphatic rings. The van der Waals surface area contributed by atoms with E-state index < -0.39 is 12.1 Å². The third-order valence-corrected chi connectivity index (χ3v) is 4.06. The quantitative estimate of drug-likeness (QED) is 0.923. The number of nitrogens with one attached hydrogen (secondary N) is 1. The Morgan fingerprint density at radius 3 is 3.06 bits per heavy atom. The van der Waals surface area contributed by atoms with Crippen molar-refractivity contribution in [3.8, 4) is 0 Å². The molecule has 1 saturated carbocycles. The summed E-state index contributed by atoms with van der Waals surface area (Å²) in [6.07, 6.45) is -0.638. The molecule has 0 unspecified atom stereocenters. The van der Waals surface area contributed by atoms with E-state index in [2.05, 4.69) is 26.2 Å². The van der Waals surface area contributed by atoms with Crippen LogP contribution < -0.4 is 5.32 Å². The van der Waals surface area contributed by atoms with E-state index in [1.807, 2.05) is 18.2 Å². The maximum Gasteiger partial charge on any atom is 0.232 e. The fraction of sp³-hybridized carbons (Fsp3) is 0.273. The number of alkyl halides is 1. The van der Waals surface area contributed by atoms with E-state index in [9.17, 15) is 9.18 Å². The van der Waals surface area contributed by atoms with Crippen molar-refractivity contribution >= 4 is 48.5 Å². The minimum atomic E-state index is -0.974. The number of hydrogen-bond donors (Lipinski definition) is 1. The molecule has 1 amide bonds. The maximum absolute atomic E-state index is 12.7. The second-order valence-electron chi connectivity index (χ2n) is 3.98. The van der Waals surface area contributed by atoms with Crippen molar-refractivity contribution in [3.05, 3.63) is 22.7 Å². The molecule has 1 fully saturated rings. The second-order valence-corrected chi connectivity index (χ2v) is 5.92. The SMILES string of the molecule is O=C(Nc1nc2ccc(Br)cc2s1)[C@@H]1C[C@@H]1F. The van der Waals surface area contributed by atoms with Crippen LogP contribution >= 0.6 is 27.3 Å². The van der Waals surface area contributed by atoms with E-state index in [0.717, 1.165) is 14.7 Å². The van der Waals surface area contributed by atoms with Gasteiger partial charge in [0.25, 0.3) is 0 Å². The fourth-order valence-electron chi connectivity index (χ4n) is 1.59. The molecule has 2 aromatic rings. The highest BCUT2D eigenvalue weighted by atomic mass is 79.9. The van der Waals surface area contributed by atoms with Gasteiger partial charge in [-0.05, 0) is 24.6 Å². The molecular weight excluding hydrogens is 307 g/mol. The van der Waals surface area contributed by atoms with Crippen LogP contribution in [0.1, 0.15) is 6.42 Å². The number of halogens is 2. The summed E-state index contributed by atoms with van der Waals surface area (Å²) in [6.45, 7) is 0. The molecular formula is C11H8BrFN2OS. The predicted octanol–water partition coefficient (Wildman–Crippen LogP) is 3.36. The summed E-state index contributed by atoms with van der Waals surface area (Å²) in [5.74, 6) is -0.746. The van der Waals surface area contributed by atoms with Crippen molar-refractivity contribution in [2.24, 2.45) is 5.92 Å². The molecule has 1 aromatic carbocycles. The van der Waals surface area contributed by atoms with E-state index in [0.29, 0.717) is 11.6 Å². The van der Waals surface area contributed by atoms with Crippen LogP contribution in [-0.2, 0) is 4.79 Å². The van der Waals surface area contributed by atoms with Crippen molar-refractivity contribution < 1.29 is 9.18 Å². The zero-order valence-electron chi connectivity index (χ0n) is 8.61. The first-order valence-electron chi connectivity index (χ1n) is 5.14. The molecule has 0 aliphatic heterocycles. The summed E-state index contributed by atoms with van der Waals surface area (Å²) in [7, 11) is 0. The molecule has 1 N–H and O–H groups in total. The highest BCUT2D eigenvalue weighted by Gasteiger charge is 2.43. The average molecular weight is 315 g/mol. The topological polar surface area (TPSA) is 42.0 Å². The van der Waals surface area contributed by atoms with Gasteiger partial charge >= 0.3 is 0 Å². The van der Waals surface area contributed by atoms with Crippen LogP contribution in [0.15, 0.2) is 22.7 Å². The van der Waals surface area contributed by atoms with Crippen LogP contribution in [0, 0.1) is 5.92 Å². The molecule has 88 valence electrons. The van der Waals surface area contributed by atoms with Crippen molar-refractivity contribution in [1.82, 2.24) is 4.98 Å². The number of thiazole rings is 1. The van der Waals surface area contributed by atoms with Gasteiger partial charge in [-0.3, -0.25) is 4.79 Å². The lowest BCUT2D eigenvalue weighted by Gasteiger charge is -1.97. The monoisotopic (exact) mass is 314 g/mol. The van der Waals surface area contributed by atoms with E-state index in [-0.39, 0.29) is 5.91 Å². The van der Waals surface area contributed by atoms with E-state index in [1.165, 1.54) is 11.3 Å². The van der Waals surface area contributed by atoms with E-state index in [1.54, 1.807) is 0 Å². The van der Waals surface area contributed by atoms with Crippen LogP contribution in [0.25, 0.3) is 10.2 Å². The molecule has 6 heteroatoms. The van der Waals surface area contributed by atoms with Crippen LogP contribution in [-0.4, -0.2) is 17.1 Å². The number of amides is 1. The smallest absolute Gasteiger partial charge is 0.232 e. The van der Waals surface area contributed by atoms with Crippen LogP contribution in [0.2, 0.25) is 0 Å². The molecule has 0 spiro atoms. The Kier molecular flexibility index (Phi) is 2.63. The van der Waals surface area contributed by atoms with E-state index in [4.69, 9.17) is 0 Å². The zero-order chi connectivity index (χ0) is 12.0. The van der Waals surface area contributed by atoms with Gasteiger partial charge in [-0.1, -0.05) is 27.3 Å². The Balaban J connectivity index is 1.83. The number of anilines is 1. The highest BCUT2D eigenvalue weighted by molar-refractivity contribution is 9.10. The third-order valence-electron chi connectivity index (χ3n) is 2.63. The van der Waals surface area contributed by atoms with Gasteiger partial charge in [0.15, 0.2) is 5.13 Å². The number of rotatable bonds is 2. The molecule has 1 aromatic heterocycles. The third kappa shape index (κ3) is 2.19. The number of nitrogens with zero attached hydrogens (tertiary/aromatic N) is 1. The summed E-state index contributed by atoms with van der Waals surface area (Å²) in [4.78, 5) is 15.8. The summed E-state index contributed by atoms with van der Waals surface area (Å²) in [5, 5.41) is 3.19. The zero-order valence-corrected chi connectivity index (χ0v) is 11.0. The number of carbonyl (C=O) groups excluding carboxylic acids is 1. The first kappa shape index (κ1) is 11.1. The first-order valence-corrected chi connectivity index (χ1v) is 6.75. The van der Waals surface area contributed by atoms with Gasteiger partial charge in [0.05, 0.1) is 16.1 Å². The highest BCUT2D eigenvalue weighted by Crippen LogP contribution is 2.35. The number of aromatic nitrogens is 1. The lowest BCUT2D eigenvalue weighted by atomic mass is 10.3. The van der Waals surface area contributed by atoms with Gasteiger partial charge in [-0.2, -0.15) is 0 Å². The number of carbonyl (C=O) groups is 1. The lowest BCUT2D eigenvalue weighted by Crippen LogP contribution is -2.14. The van der Waals surface area contributed by atoms with Gasteiger partial charge in [-0.25, -0.2) is 9.37 Å². The lowest BCUT2D eigenvalue weighted by molar-refractivity contribution is -0.117. The average Bonchev–Trinajstić information content (AvgIpc) is 2.87. The van der Waals surface area contributed by atoms with Gasteiger partial charge in [0.2, 0.25) is 5.91 Å². The number of fused-ring (bicyclic) bond motifs is 1. The van der Waals surface area contributed by atoms with Gasteiger partial charge in [-0.15, -0.1) is 0 Å². The van der Waals surface area contributed by atoms with E-state index >= 15 is 0 Å². The standard InChI is InChI=1S/C11H8BrFN2OS/c12-5-1-2-8-9(3-5)17-11(14-8)15-10(16)6-4-7(6)13/h1-3,6-7H,4H2,(H,14,15,16)/t6-,7+/m1/s1. The van der Waals surface area contributed by atoms with Gasteiger partial charge in [0.1, 0.15) is 6.17 Å². The molecule has 1 aliphatic carbocycles. The van der Waals surface area contributed by atoms with Crippen molar-refractivity contribution in [3.63, 3.8) is 0 Å². The Labute approximate surface area is 109 Å². The Bertz CT molecular complexity index is 600. The molecule has 17 heavy (non-hydrogen) atoms. The van der Waals surface area contributed by atoms with Crippen molar-refractivity contribution in [1.29, 1.82) is 0 Å². The van der Waals surface area contributed by atoms with Crippen LogP contribution in [0.4, 0.5) is 9.52 Å². The molecule has 0 saturated heterocycles. The summed E-state index contributed by atoms with van der Waals surface area (Å²) in [5.41, 5.74) is 0.834. The minimum Gasteiger partial charge on any atom is -0.302 e. The molecule has 1 heterocycles. The molecule has 3 rings (SSSR count). The molecule has 2 atom stereocenters. The van der Waals surface area contributed by atoms with Crippen molar-refractivity contribution in [2.75, 3.05) is 5.32 Å². The van der Waals surface area contributed by atoms with Gasteiger partial charge in [0, 0.05) is 4.47 Å². The molecule has 0 radical (unpaired) electrons. The summed E-state index contributed by atoms with van der Waals surface area (Å²) in [6, 6.07) is 5.71. The number of hydrogen-bond acceptors (Lipinski definition) is 3. The van der Waals surface area contributed by atoms with Crippen LogP contribution in [0.5, 0.6) is 0 Å².